The molecule has 2 aliphatic rings. The van der Waals surface area contributed by atoms with E-state index in [0.717, 1.165) is 25.3 Å². The molecule has 1 aromatic carbocycles. The fourth-order valence-electron chi connectivity index (χ4n) is 3.62. The molecule has 0 bridgehead atoms. The molecule has 2 nitrogen and oxygen atoms in total. The Morgan fingerprint density at radius 1 is 0.917 bits per heavy atom. The van der Waals surface area contributed by atoms with Gasteiger partial charge >= 0.3 is 0 Å². The van der Waals surface area contributed by atoms with Crippen molar-refractivity contribution in [2.75, 3.05) is 13.2 Å². The van der Waals surface area contributed by atoms with Gasteiger partial charge in [0.2, 0.25) is 18.1 Å². The van der Waals surface area contributed by atoms with Crippen molar-refractivity contribution >= 4 is 23.7 Å². The third-order valence-corrected chi connectivity index (χ3v) is 9.59. The Labute approximate surface area is 150 Å². The summed E-state index contributed by atoms with van der Waals surface area (Å²) < 4.78 is 12.2. The van der Waals surface area contributed by atoms with Gasteiger partial charge in [0.05, 0.1) is 0 Å². The van der Waals surface area contributed by atoms with Crippen molar-refractivity contribution in [3.63, 3.8) is 0 Å². The molecule has 2 heterocycles. The van der Waals surface area contributed by atoms with Crippen molar-refractivity contribution in [2.45, 2.75) is 63.7 Å². The van der Waals surface area contributed by atoms with Gasteiger partial charge in [0.25, 0.3) is 0 Å². The molecule has 2 radical (unpaired) electrons. The second-order valence-corrected chi connectivity index (χ2v) is 11.6. The van der Waals surface area contributed by atoms with Crippen LogP contribution in [0.4, 0.5) is 0 Å². The van der Waals surface area contributed by atoms with Crippen LogP contribution in [0, 0.1) is 0 Å². The molecular formula is C20H30O2Si2. The molecule has 130 valence electrons. The highest BCUT2D eigenvalue weighted by molar-refractivity contribution is 6.54. The third kappa shape index (κ3) is 4.91. The Hall–Kier alpha value is -0.686. The van der Waals surface area contributed by atoms with Crippen LogP contribution in [0.5, 0.6) is 0 Å². The van der Waals surface area contributed by atoms with Gasteiger partial charge in [-0.1, -0.05) is 42.7 Å². The second-order valence-electron chi connectivity index (χ2n) is 7.18. The molecule has 4 heteroatoms. The van der Waals surface area contributed by atoms with Crippen molar-refractivity contribution in [3.8, 4) is 0 Å². The summed E-state index contributed by atoms with van der Waals surface area (Å²) in [5.74, 6) is 0. The van der Waals surface area contributed by atoms with Crippen molar-refractivity contribution in [1.82, 2.24) is 0 Å². The van der Waals surface area contributed by atoms with E-state index >= 15 is 0 Å². The number of benzene rings is 1. The van der Waals surface area contributed by atoms with E-state index < -0.39 is 18.1 Å². The largest absolute Gasteiger partial charge is 0.416 e. The van der Waals surface area contributed by atoms with E-state index in [1.54, 1.807) is 5.57 Å². The van der Waals surface area contributed by atoms with Gasteiger partial charge in [0.15, 0.2) is 0 Å². The smallest absolute Gasteiger partial charge is 0.215 e. The minimum atomic E-state index is -0.668. The lowest BCUT2D eigenvalue weighted by atomic mass is 9.98. The highest BCUT2D eigenvalue weighted by Crippen LogP contribution is 2.31. The molecule has 24 heavy (non-hydrogen) atoms. The molecule has 2 aliphatic heterocycles. The van der Waals surface area contributed by atoms with Crippen molar-refractivity contribution < 1.29 is 8.85 Å². The number of hydrogen-bond acceptors (Lipinski definition) is 2. The maximum absolute atomic E-state index is 6.12. The molecule has 0 atom stereocenters. The average Bonchev–Trinajstić information content (AvgIpc) is 2.62. The Morgan fingerprint density at radius 2 is 1.58 bits per heavy atom. The Kier molecular flexibility index (Phi) is 6.89. The first-order valence-electron chi connectivity index (χ1n) is 9.43. The Bertz CT molecular complexity index is 555. The summed E-state index contributed by atoms with van der Waals surface area (Å²) >= 11 is 0. The normalized spacial score (nSPS) is 20.1. The molecule has 0 saturated carbocycles. The predicted molar refractivity (Wildman–Crippen MR) is 105 cm³/mol. The van der Waals surface area contributed by atoms with Crippen molar-refractivity contribution in [1.29, 1.82) is 0 Å². The van der Waals surface area contributed by atoms with Crippen molar-refractivity contribution in [3.05, 3.63) is 41.0 Å². The molecule has 0 aliphatic carbocycles. The minimum Gasteiger partial charge on any atom is -0.416 e. The highest BCUT2D eigenvalue weighted by atomic mass is 28.3. The van der Waals surface area contributed by atoms with Gasteiger partial charge in [-0.15, -0.1) is 0 Å². The van der Waals surface area contributed by atoms with E-state index in [0.29, 0.717) is 0 Å². The molecule has 0 N–H and O–H groups in total. The van der Waals surface area contributed by atoms with Crippen LogP contribution in [0.1, 0.15) is 50.7 Å². The van der Waals surface area contributed by atoms with Gasteiger partial charge in [-0.05, 0) is 67.6 Å². The van der Waals surface area contributed by atoms with Crippen LogP contribution in [0.15, 0.2) is 29.8 Å². The van der Waals surface area contributed by atoms with E-state index in [4.69, 9.17) is 8.85 Å². The van der Waals surface area contributed by atoms with Crippen molar-refractivity contribution in [2.24, 2.45) is 0 Å². The number of rotatable bonds is 5. The first-order chi connectivity index (χ1) is 11.7. The highest BCUT2D eigenvalue weighted by Gasteiger charge is 2.23. The van der Waals surface area contributed by atoms with E-state index in [1.165, 1.54) is 54.5 Å². The molecule has 3 rings (SSSR count). The topological polar surface area (TPSA) is 18.5 Å². The third-order valence-electron chi connectivity index (χ3n) is 5.02. The van der Waals surface area contributed by atoms with Crippen LogP contribution in [-0.4, -0.2) is 31.3 Å². The minimum absolute atomic E-state index is 0.659. The van der Waals surface area contributed by atoms with Crippen LogP contribution in [0.25, 0.3) is 5.57 Å². The predicted octanol–water partition coefficient (Wildman–Crippen LogP) is 5.17. The Balaban J connectivity index is 1.78. The maximum atomic E-state index is 6.12. The van der Waals surface area contributed by atoms with Crippen LogP contribution in [0.2, 0.25) is 18.1 Å². The lowest BCUT2D eigenvalue weighted by molar-refractivity contribution is 0.286. The first-order valence-corrected chi connectivity index (χ1v) is 13.1. The standard InChI is InChI=1S/C20H30O2Si2/c1-17(2)20(16-24-14-8-6-12-22-24)19-10-4-3-9-18(19)15-23-13-7-5-11-21-23/h3-4,9-10H,5-8,11-16H2,1-2H3. The van der Waals surface area contributed by atoms with Gasteiger partial charge in [-0.25, -0.2) is 0 Å². The molecule has 2 fully saturated rings. The van der Waals surface area contributed by atoms with Crippen LogP contribution in [-0.2, 0) is 14.9 Å². The summed E-state index contributed by atoms with van der Waals surface area (Å²) in [6, 6.07) is 14.0. The zero-order valence-corrected chi connectivity index (χ0v) is 17.2. The molecular weight excluding hydrogens is 328 g/mol. The van der Waals surface area contributed by atoms with Gasteiger partial charge in [-0.3, -0.25) is 0 Å². The van der Waals surface area contributed by atoms with Gasteiger partial charge in [0, 0.05) is 13.2 Å². The van der Waals surface area contributed by atoms with E-state index in [-0.39, 0.29) is 0 Å². The lowest BCUT2D eigenvalue weighted by Gasteiger charge is -2.25. The Morgan fingerprint density at radius 3 is 2.21 bits per heavy atom. The molecule has 2 saturated heterocycles. The summed E-state index contributed by atoms with van der Waals surface area (Å²) in [6.07, 6.45) is 5.20. The molecule has 1 aromatic rings. The molecule has 0 amide bonds. The molecule has 0 aromatic heterocycles. The summed E-state index contributed by atoms with van der Waals surface area (Å²) in [5.41, 5.74) is 5.97. The fourth-order valence-corrected chi connectivity index (χ4v) is 8.30. The second kappa shape index (κ2) is 9.13. The zero-order valence-electron chi connectivity index (χ0n) is 15.2. The average molecular weight is 359 g/mol. The lowest BCUT2D eigenvalue weighted by Crippen LogP contribution is -2.27. The zero-order chi connectivity index (χ0) is 16.8. The van der Waals surface area contributed by atoms with Crippen LogP contribution in [0.3, 0.4) is 0 Å². The first kappa shape index (κ1) is 18.1. The summed E-state index contributed by atoms with van der Waals surface area (Å²) in [4.78, 5) is 0. The molecule has 0 spiro atoms. The summed E-state index contributed by atoms with van der Waals surface area (Å²) in [7, 11) is -1.33. The fraction of sp³-hybridized carbons (Fsp3) is 0.600. The van der Waals surface area contributed by atoms with Gasteiger partial charge < -0.3 is 8.85 Å². The maximum Gasteiger partial charge on any atom is 0.215 e. The van der Waals surface area contributed by atoms with Crippen LogP contribution >= 0.6 is 0 Å². The van der Waals surface area contributed by atoms with Crippen LogP contribution < -0.4 is 0 Å². The number of allylic oxidation sites excluding steroid dienone is 2. The van der Waals surface area contributed by atoms with E-state index in [1.807, 2.05) is 0 Å². The monoisotopic (exact) mass is 358 g/mol. The van der Waals surface area contributed by atoms with Gasteiger partial charge in [-0.2, -0.15) is 0 Å². The summed E-state index contributed by atoms with van der Waals surface area (Å²) in [6.45, 7) is 6.49. The van der Waals surface area contributed by atoms with E-state index in [9.17, 15) is 0 Å². The summed E-state index contributed by atoms with van der Waals surface area (Å²) in [5, 5.41) is 0. The molecule has 0 unspecified atom stereocenters. The number of hydrogen-bond donors (Lipinski definition) is 0. The van der Waals surface area contributed by atoms with E-state index in [2.05, 4.69) is 38.1 Å². The quantitative estimate of drug-likeness (QED) is 0.676. The SMILES string of the molecule is CC(C)=C(C[Si]1CCCCO1)c1ccccc1C[Si]1CCCCO1. The van der Waals surface area contributed by atoms with Gasteiger partial charge in [0.1, 0.15) is 0 Å².